The van der Waals surface area contributed by atoms with Crippen LogP contribution >= 0.6 is 0 Å². The van der Waals surface area contributed by atoms with E-state index in [4.69, 9.17) is 0 Å². The van der Waals surface area contributed by atoms with Gasteiger partial charge >= 0.3 is 5.97 Å². The van der Waals surface area contributed by atoms with Crippen molar-refractivity contribution in [3.05, 3.63) is 29.8 Å². The average Bonchev–Trinajstić information content (AvgIpc) is 2.62. The number of hydrogen-bond acceptors (Lipinski definition) is 4. The third kappa shape index (κ3) is 5.29. The Bertz CT molecular complexity index is 766. The zero-order valence-electron chi connectivity index (χ0n) is 15.8. The van der Waals surface area contributed by atoms with E-state index in [1.807, 2.05) is 0 Å². The van der Waals surface area contributed by atoms with Crippen LogP contribution in [0, 0.1) is 5.92 Å². The molecule has 0 bridgehead atoms. The first kappa shape index (κ1) is 21.4. The van der Waals surface area contributed by atoms with E-state index in [9.17, 15) is 23.1 Å². The van der Waals surface area contributed by atoms with Gasteiger partial charge in [-0.05, 0) is 49.3 Å². The first-order chi connectivity index (χ1) is 12.7. The van der Waals surface area contributed by atoms with E-state index < -0.39 is 21.5 Å². The molecule has 1 aliphatic carbocycles. The van der Waals surface area contributed by atoms with Crippen LogP contribution in [0.4, 0.5) is 0 Å². The number of carboxylic acid groups (broad SMARTS) is 1. The summed E-state index contributed by atoms with van der Waals surface area (Å²) in [5.74, 6) is -0.840. The Hall–Kier alpha value is -1.93. The number of nitrogens with one attached hydrogen (secondary N) is 2. The smallest absolute Gasteiger partial charge is 0.329 e. The molecule has 1 fully saturated rings. The minimum absolute atomic E-state index is 0.00771. The van der Waals surface area contributed by atoms with Gasteiger partial charge in [-0.15, -0.1) is 0 Å². The molecule has 2 rings (SSSR count). The topological polar surface area (TPSA) is 113 Å². The Morgan fingerprint density at radius 2 is 1.74 bits per heavy atom. The maximum atomic E-state index is 12.4. The van der Waals surface area contributed by atoms with Crippen LogP contribution in [0.15, 0.2) is 29.2 Å². The molecule has 27 heavy (non-hydrogen) atoms. The first-order valence-corrected chi connectivity index (χ1v) is 10.8. The molecule has 1 saturated carbocycles. The molecule has 0 atom stereocenters. The molecule has 0 heterocycles. The van der Waals surface area contributed by atoms with Crippen LogP contribution in [0.5, 0.6) is 0 Å². The highest BCUT2D eigenvalue weighted by Crippen LogP contribution is 2.34. The van der Waals surface area contributed by atoms with Gasteiger partial charge in [0.15, 0.2) is 0 Å². The minimum Gasteiger partial charge on any atom is -0.480 e. The van der Waals surface area contributed by atoms with E-state index in [0.29, 0.717) is 30.9 Å². The third-order valence-corrected chi connectivity index (χ3v) is 6.82. The van der Waals surface area contributed by atoms with E-state index in [1.54, 1.807) is 19.1 Å². The van der Waals surface area contributed by atoms with Crippen molar-refractivity contribution in [3.63, 3.8) is 0 Å². The van der Waals surface area contributed by atoms with E-state index >= 15 is 0 Å². The summed E-state index contributed by atoms with van der Waals surface area (Å²) in [5.41, 5.74) is -0.567. The summed E-state index contributed by atoms with van der Waals surface area (Å²) >= 11 is 0. The number of carbonyl (C=O) groups is 2. The largest absolute Gasteiger partial charge is 0.480 e. The number of hydrogen-bond donors (Lipinski definition) is 3. The van der Waals surface area contributed by atoms with Gasteiger partial charge in [-0.25, -0.2) is 17.9 Å². The Balaban J connectivity index is 2.03. The molecule has 150 valence electrons. The summed E-state index contributed by atoms with van der Waals surface area (Å²) in [6, 6.07) is 6.04. The van der Waals surface area contributed by atoms with Crippen molar-refractivity contribution < 1.29 is 23.1 Å². The Labute approximate surface area is 160 Å². The summed E-state index contributed by atoms with van der Waals surface area (Å²) in [6.45, 7) is 4.09. The monoisotopic (exact) mass is 396 g/mol. The molecule has 0 saturated heterocycles. The van der Waals surface area contributed by atoms with Crippen molar-refractivity contribution in [1.82, 2.24) is 10.0 Å². The molecule has 0 unspecified atom stereocenters. The second-order valence-corrected chi connectivity index (χ2v) is 8.88. The molecule has 8 heteroatoms. The second kappa shape index (κ2) is 8.84. The van der Waals surface area contributed by atoms with Crippen molar-refractivity contribution in [1.29, 1.82) is 0 Å². The van der Waals surface area contributed by atoms with Crippen molar-refractivity contribution >= 4 is 21.9 Å². The summed E-state index contributed by atoms with van der Waals surface area (Å²) in [6.07, 6.45) is 3.48. The Morgan fingerprint density at radius 1 is 1.15 bits per heavy atom. The molecule has 1 amide bonds. The molecule has 3 N–H and O–H groups in total. The number of carbonyl (C=O) groups excluding carboxylic acids is 1. The lowest BCUT2D eigenvalue weighted by Gasteiger charge is -2.37. The number of amides is 1. The molecule has 1 aromatic rings. The van der Waals surface area contributed by atoms with Crippen LogP contribution in [-0.2, 0) is 26.0 Å². The summed E-state index contributed by atoms with van der Waals surface area (Å²) in [4.78, 5) is 24.3. The summed E-state index contributed by atoms with van der Waals surface area (Å²) in [7, 11) is -3.54. The van der Waals surface area contributed by atoms with Gasteiger partial charge < -0.3 is 10.4 Å². The fraction of sp³-hybridized carbons (Fsp3) is 0.579. The predicted octanol–water partition coefficient (Wildman–Crippen LogP) is 2.07. The van der Waals surface area contributed by atoms with E-state index in [0.717, 1.165) is 19.3 Å². The van der Waals surface area contributed by atoms with Gasteiger partial charge in [0.25, 0.3) is 0 Å². The van der Waals surface area contributed by atoms with Gasteiger partial charge in [-0.2, -0.15) is 0 Å². The van der Waals surface area contributed by atoms with Crippen molar-refractivity contribution in [2.45, 2.75) is 62.8 Å². The molecular formula is C19H28N2O5S. The van der Waals surface area contributed by atoms with Crippen LogP contribution < -0.4 is 10.0 Å². The number of aliphatic carboxylic acids is 1. The fourth-order valence-electron chi connectivity index (χ4n) is 3.53. The minimum atomic E-state index is -3.54. The first-order valence-electron chi connectivity index (χ1n) is 9.35. The Kier molecular flexibility index (Phi) is 7.00. The Morgan fingerprint density at radius 3 is 2.22 bits per heavy atom. The normalized spacial score (nSPS) is 23.0. The summed E-state index contributed by atoms with van der Waals surface area (Å²) < 4.78 is 26.3. The van der Waals surface area contributed by atoms with Crippen LogP contribution in [0.25, 0.3) is 0 Å². The zero-order valence-corrected chi connectivity index (χ0v) is 16.6. The lowest BCUT2D eigenvalue weighted by atomic mass is 9.75. The fourth-order valence-corrected chi connectivity index (χ4v) is 4.57. The molecule has 7 nitrogen and oxygen atoms in total. The molecule has 1 aromatic carbocycles. The quantitative estimate of drug-likeness (QED) is 0.623. The van der Waals surface area contributed by atoms with Crippen LogP contribution in [0.2, 0.25) is 0 Å². The highest BCUT2D eigenvalue weighted by Gasteiger charge is 2.42. The molecule has 1 aliphatic rings. The highest BCUT2D eigenvalue weighted by atomic mass is 32.2. The van der Waals surface area contributed by atoms with Gasteiger partial charge in [0.05, 0.1) is 11.3 Å². The van der Waals surface area contributed by atoms with Crippen LogP contribution in [0.3, 0.4) is 0 Å². The molecular weight excluding hydrogens is 368 g/mol. The van der Waals surface area contributed by atoms with Crippen LogP contribution in [-0.4, -0.2) is 37.5 Å². The second-order valence-electron chi connectivity index (χ2n) is 7.11. The standard InChI is InChI=1S/C19H28N2O5S/c1-3-14-9-11-19(12-10-14,18(23)24)21-17(22)13-15-5-7-16(8-6-15)27(25,26)20-4-2/h5-8,14,20H,3-4,9-13H2,1-2H3,(H,21,22)(H,23,24). The SMILES string of the molecule is CCNS(=O)(=O)c1ccc(CC(=O)NC2(C(=O)O)CCC(CC)CC2)cc1. The van der Waals surface area contributed by atoms with Gasteiger partial charge in [0.2, 0.25) is 15.9 Å². The molecule has 0 radical (unpaired) electrons. The van der Waals surface area contributed by atoms with E-state index in [-0.39, 0.29) is 17.2 Å². The summed E-state index contributed by atoms with van der Waals surface area (Å²) in [5, 5.41) is 12.4. The van der Waals surface area contributed by atoms with Crippen molar-refractivity contribution in [3.8, 4) is 0 Å². The number of rotatable bonds is 8. The lowest BCUT2D eigenvalue weighted by Crippen LogP contribution is -2.56. The maximum absolute atomic E-state index is 12.4. The molecule has 0 spiro atoms. The van der Waals surface area contributed by atoms with Crippen molar-refractivity contribution in [2.24, 2.45) is 5.92 Å². The lowest BCUT2D eigenvalue weighted by molar-refractivity contribution is -0.149. The average molecular weight is 397 g/mol. The highest BCUT2D eigenvalue weighted by molar-refractivity contribution is 7.89. The third-order valence-electron chi connectivity index (χ3n) is 5.26. The van der Waals surface area contributed by atoms with Crippen LogP contribution in [0.1, 0.15) is 51.5 Å². The van der Waals surface area contributed by atoms with E-state index in [1.165, 1.54) is 12.1 Å². The van der Waals surface area contributed by atoms with Crippen molar-refractivity contribution in [2.75, 3.05) is 6.54 Å². The van der Waals surface area contributed by atoms with E-state index in [2.05, 4.69) is 17.0 Å². The maximum Gasteiger partial charge on any atom is 0.329 e. The van der Waals surface area contributed by atoms with Gasteiger partial charge in [0, 0.05) is 6.54 Å². The molecule has 0 aromatic heterocycles. The predicted molar refractivity (Wildman–Crippen MR) is 102 cm³/mol. The van der Waals surface area contributed by atoms with Gasteiger partial charge in [-0.1, -0.05) is 32.4 Å². The number of sulfonamides is 1. The van der Waals surface area contributed by atoms with Gasteiger partial charge in [-0.3, -0.25) is 4.79 Å². The zero-order chi connectivity index (χ0) is 20.1. The molecule has 0 aliphatic heterocycles. The number of benzene rings is 1. The van der Waals surface area contributed by atoms with Gasteiger partial charge in [0.1, 0.15) is 5.54 Å². The number of carboxylic acids is 1.